The summed E-state index contributed by atoms with van der Waals surface area (Å²) < 4.78 is 0. The summed E-state index contributed by atoms with van der Waals surface area (Å²) in [6, 6.07) is 7.33. The van der Waals surface area contributed by atoms with Crippen LogP contribution in [0.3, 0.4) is 0 Å². The molecule has 0 bridgehead atoms. The number of nitrogens with one attached hydrogen (secondary N) is 1. The maximum Gasteiger partial charge on any atom is 0.258 e. The van der Waals surface area contributed by atoms with E-state index in [9.17, 15) is 4.79 Å². The first kappa shape index (κ1) is 11.8. The van der Waals surface area contributed by atoms with E-state index in [2.05, 4.69) is 22.2 Å². The summed E-state index contributed by atoms with van der Waals surface area (Å²) in [5.74, 6) is 1.02. The molecule has 0 unspecified atom stereocenters. The number of hydrogen-bond donors (Lipinski definition) is 1. The molecule has 1 N–H and O–H groups in total. The van der Waals surface area contributed by atoms with Gasteiger partial charge < -0.3 is 5.32 Å². The van der Waals surface area contributed by atoms with Crippen LogP contribution in [0, 0.1) is 6.92 Å². The molecule has 1 saturated carbocycles. The highest BCUT2D eigenvalue weighted by molar-refractivity contribution is 6.03. The summed E-state index contributed by atoms with van der Waals surface area (Å²) >= 11 is 0. The smallest absolute Gasteiger partial charge is 0.258 e. The number of rotatable bonds is 3. The predicted octanol–water partition coefficient (Wildman–Crippen LogP) is 2.91. The third-order valence-electron chi connectivity index (χ3n) is 3.27. The first-order valence-electron chi connectivity index (χ1n) is 6.43. The lowest BCUT2D eigenvalue weighted by Gasteiger charge is -2.08. The quantitative estimate of drug-likeness (QED) is 0.915. The molecule has 0 saturated heterocycles. The van der Waals surface area contributed by atoms with Crippen LogP contribution in [0.25, 0.3) is 0 Å². The van der Waals surface area contributed by atoms with Gasteiger partial charge in [0.25, 0.3) is 5.91 Å². The number of anilines is 1. The van der Waals surface area contributed by atoms with E-state index in [1.54, 1.807) is 24.5 Å². The van der Waals surface area contributed by atoms with Gasteiger partial charge in [-0.2, -0.15) is 0 Å². The molecular formula is C15H15N3O. The fourth-order valence-electron chi connectivity index (χ4n) is 2.07. The van der Waals surface area contributed by atoms with Gasteiger partial charge in [0.2, 0.25) is 0 Å². The molecule has 4 heteroatoms. The molecule has 2 heterocycles. The third-order valence-corrected chi connectivity index (χ3v) is 3.27. The summed E-state index contributed by atoms with van der Waals surface area (Å²) in [6.07, 6.45) is 5.60. The first-order valence-corrected chi connectivity index (χ1v) is 6.43. The van der Waals surface area contributed by atoms with Crippen molar-refractivity contribution < 1.29 is 4.79 Å². The van der Waals surface area contributed by atoms with Crippen LogP contribution in [0.4, 0.5) is 5.82 Å². The van der Waals surface area contributed by atoms with Crippen LogP contribution >= 0.6 is 0 Å². The zero-order valence-electron chi connectivity index (χ0n) is 10.8. The Morgan fingerprint density at radius 1 is 1.32 bits per heavy atom. The zero-order valence-corrected chi connectivity index (χ0v) is 10.8. The Kier molecular flexibility index (Phi) is 2.99. The van der Waals surface area contributed by atoms with Crippen LogP contribution in [0.2, 0.25) is 0 Å². The second-order valence-electron chi connectivity index (χ2n) is 4.87. The minimum absolute atomic E-state index is 0.175. The van der Waals surface area contributed by atoms with E-state index < -0.39 is 0 Å². The fraction of sp³-hybridized carbons (Fsp3) is 0.267. The van der Waals surface area contributed by atoms with Crippen LogP contribution in [0.1, 0.15) is 40.4 Å². The maximum atomic E-state index is 12.0. The van der Waals surface area contributed by atoms with Gasteiger partial charge in [-0.05, 0) is 43.5 Å². The highest BCUT2D eigenvalue weighted by atomic mass is 16.1. The Balaban J connectivity index is 1.80. The van der Waals surface area contributed by atoms with Crippen LogP contribution in [-0.4, -0.2) is 15.9 Å². The summed E-state index contributed by atoms with van der Waals surface area (Å²) in [6.45, 7) is 2.06. The number of nitrogens with zero attached hydrogens (tertiary/aromatic N) is 2. The van der Waals surface area contributed by atoms with E-state index in [4.69, 9.17) is 0 Å². The molecule has 0 radical (unpaired) electrons. The van der Waals surface area contributed by atoms with E-state index in [0.717, 1.165) is 5.69 Å². The normalized spacial score (nSPS) is 14.2. The molecular weight excluding hydrogens is 238 g/mol. The summed E-state index contributed by atoms with van der Waals surface area (Å²) in [5.41, 5.74) is 2.85. The van der Waals surface area contributed by atoms with Crippen molar-refractivity contribution in [3.8, 4) is 0 Å². The summed E-state index contributed by atoms with van der Waals surface area (Å²) in [7, 11) is 0. The van der Waals surface area contributed by atoms with E-state index in [1.165, 1.54) is 18.4 Å². The SMILES string of the molecule is Cc1ccc(NC(=O)c2cccnc2)nc1C1CC1. The first-order chi connectivity index (χ1) is 9.24. The lowest BCUT2D eigenvalue weighted by molar-refractivity contribution is 0.102. The number of pyridine rings is 2. The van der Waals surface area contributed by atoms with Crippen LogP contribution in [0.15, 0.2) is 36.7 Å². The van der Waals surface area contributed by atoms with Gasteiger partial charge in [-0.15, -0.1) is 0 Å². The van der Waals surface area contributed by atoms with E-state index in [0.29, 0.717) is 17.3 Å². The van der Waals surface area contributed by atoms with Gasteiger partial charge >= 0.3 is 0 Å². The van der Waals surface area contributed by atoms with Gasteiger partial charge in [0.15, 0.2) is 0 Å². The molecule has 1 fully saturated rings. The van der Waals surface area contributed by atoms with Crippen molar-refractivity contribution in [1.82, 2.24) is 9.97 Å². The highest BCUT2D eigenvalue weighted by Crippen LogP contribution is 2.40. The van der Waals surface area contributed by atoms with Gasteiger partial charge in [-0.25, -0.2) is 4.98 Å². The molecule has 0 spiro atoms. The Bertz CT molecular complexity index is 606. The molecule has 1 aliphatic rings. The third kappa shape index (κ3) is 2.62. The Morgan fingerprint density at radius 3 is 2.84 bits per heavy atom. The lowest BCUT2D eigenvalue weighted by atomic mass is 10.1. The highest BCUT2D eigenvalue weighted by Gasteiger charge is 2.26. The molecule has 0 aliphatic heterocycles. The molecule has 2 aromatic heterocycles. The van der Waals surface area contributed by atoms with Crippen molar-refractivity contribution >= 4 is 11.7 Å². The minimum atomic E-state index is -0.175. The van der Waals surface area contributed by atoms with Crippen molar-refractivity contribution in [2.75, 3.05) is 5.32 Å². The van der Waals surface area contributed by atoms with Gasteiger partial charge in [0.05, 0.1) is 5.56 Å². The van der Waals surface area contributed by atoms with Crippen LogP contribution in [-0.2, 0) is 0 Å². The predicted molar refractivity (Wildman–Crippen MR) is 73.1 cm³/mol. The lowest BCUT2D eigenvalue weighted by Crippen LogP contribution is -2.13. The van der Waals surface area contributed by atoms with Crippen LogP contribution in [0.5, 0.6) is 0 Å². The monoisotopic (exact) mass is 253 g/mol. The maximum absolute atomic E-state index is 12.0. The van der Waals surface area contributed by atoms with Gasteiger partial charge in [0.1, 0.15) is 5.82 Å². The molecule has 1 amide bonds. The van der Waals surface area contributed by atoms with Crippen molar-refractivity contribution in [2.24, 2.45) is 0 Å². The van der Waals surface area contributed by atoms with Gasteiger partial charge in [-0.1, -0.05) is 6.07 Å². The van der Waals surface area contributed by atoms with E-state index in [1.807, 2.05) is 12.1 Å². The standard InChI is InChI=1S/C15H15N3O/c1-10-4-7-13(17-14(10)11-5-6-11)18-15(19)12-3-2-8-16-9-12/h2-4,7-9,11H,5-6H2,1H3,(H,17,18,19). The average molecular weight is 253 g/mol. The molecule has 0 aromatic carbocycles. The summed E-state index contributed by atoms with van der Waals surface area (Å²) in [5, 5.41) is 2.82. The second-order valence-corrected chi connectivity index (χ2v) is 4.87. The number of carbonyl (C=O) groups is 1. The van der Waals surface area contributed by atoms with Crippen molar-refractivity contribution in [3.63, 3.8) is 0 Å². The number of aromatic nitrogens is 2. The Hall–Kier alpha value is -2.23. The fourth-order valence-corrected chi connectivity index (χ4v) is 2.07. The minimum Gasteiger partial charge on any atom is -0.307 e. The number of hydrogen-bond acceptors (Lipinski definition) is 3. The number of carbonyl (C=O) groups excluding carboxylic acids is 1. The number of amides is 1. The van der Waals surface area contributed by atoms with E-state index >= 15 is 0 Å². The van der Waals surface area contributed by atoms with E-state index in [-0.39, 0.29) is 5.91 Å². The number of aryl methyl sites for hydroxylation is 1. The van der Waals surface area contributed by atoms with Crippen molar-refractivity contribution in [1.29, 1.82) is 0 Å². The molecule has 1 aliphatic carbocycles. The van der Waals surface area contributed by atoms with Crippen molar-refractivity contribution in [3.05, 3.63) is 53.5 Å². The second kappa shape index (κ2) is 4.80. The van der Waals surface area contributed by atoms with Crippen molar-refractivity contribution in [2.45, 2.75) is 25.7 Å². The molecule has 0 atom stereocenters. The van der Waals surface area contributed by atoms with Gasteiger partial charge in [-0.3, -0.25) is 9.78 Å². The summed E-state index contributed by atoms with van der Waals surface area (Å²) in [4.78, 5) is 20.5. The molecule has 4 nitrogen and oxygen atoms in total. The Labute approximate surface area is 111 Å². The molecule has 3 rings (SSSR count). The molecule has 19 heavy (non-hydrogen) atoms. The largest absolute Gasteiger partial charge is 0.307 e. The molecule has 96 valence electrons. The Morgan fingerprint density at radius 2 is 2.16 bits per heavy atom. The average Bonchev–Trinajstić information content (AvgIpc) is 3.26. The van der Waals surface area contributed by atoms with Gasteiger partial charge in [0, 0.05) is 24.0 Å². The topological polar surface area (TPSA) is 54.9 Å². The van der Waals surface area contributed by atoms with Crippen LogP contribution < -0.4 is 5.32 Å². The zero-order chi connectivity index (χ0) is 13.2. The molecule has 2 aromatic rings.